The molecule has 136 valence electrons. The van der Waals surface area contributed by atoms with E-state index in [0.717, 1.165) is 64.4 Å². The van der Waals surface area contributed by atoms with Gasteiger partial charge in [-0.05, 0) is 39.8 Å². The van der Waals surface area contributed by atoms with Gasteiger partial charge in [-0.25, -0.2) is 0 Å². The van der Waals surface area contributed by atoms with E-state index in [1.54, 1.807) is 0 Å². The summed E-state index contributed by atoms with van der Waals surface area (Å²) in [5.74, 6) is 1.79. The minimum Gasteiger partial charge on any atom is -0.379 e. The number of rotatable bonds is 8. The zero-order valence-electron chi connectivity index (χ0n) is 14.9. The molecule has 1 aliphatic carbocycles. The van der Waals surface area contributed by atoms with Gasteiger partial charge in [0.25, 0.3) is 0 Å². The first-order valence-corrected chi connectivity index (χ1v) is 8.69. The largest absolute Gasteiger partial charge is 0.379 e. The van der Waals surface area contributed by atoms with E-state index in [-0.39, 0.29) is 24.0 Å². The van der Waals surface area contributed by atoms with Crippen LogP contribution in [0.2, 0.25) is 0 Å². The second kappa shape index (κ2) is 11.4. The molecule has 1 aliphatic heterocycles. The zero-order chi connectivity index (χ0) is 15.8. The molecule has 0 spiro atoms. The number of hydrogen-bond donors (Lipinski definition) is 2. The standard InChI is InChI=1S/C16H33N5O.HI/c1-4-17-16(18-7-8-21-9-11-22-12-10-21)19-13-15(20(2)3)14-5-6-14;/h14-15H,4-13H2,1-3H3,(H2,17,18,19);1H. The highest BCUT2D eigenvalue weighted by Crippen LogP contribution is 2.34. The van der Waals surface area contributed by atoms with Crippen LogP contribution in [0.15, 0.2) is 4.99 Å². The molecular weight excluding hydrogens is 405 g/mol. The Morgan fingerprint density at radius 3 is 2.52 bits per heavy atom. The maximum atomic E-state index is 5.38. The van der Waals surface area contributed by atoms with Gasteiger partial charge in [0, 0.05) is 38.8 Å². The highest BCUT2D eigenvalue weighted by molar-refractivity contribution is 14.0. The van der Waals surface area contributed by atoms with Gasteiger partial charge >= 0.3 is 0 Å². The van der Waals surface area contributed by atoms with Crippen LogP contribution in [-0.4, -0.2) is 88.4 Å². The van der Waals surface area contributed by atoms with Crippen molar-refractivity contribution in [3.63, 3.8) is 0 Å². The first-order valence-electron chi connectivity index (χ1n) is 8.69. The lowest BCUT2D eigenvalue weighted by Crippen LogP contribution is -2.45. The Morgan fingerprint density at radius 1 is 1.26 bits per heavy atom. The predicted octanol–water partition coefficient (Wildman–Crippen LogP) is 0.832. The van der Waals surface area contributed by atoms with E-state index in [2.05, 4.69) is 41.5 Å². The number of hydrogen-bond acceptors (Lipinski definition) is 4. The van der Waals surface area contributed by atoms with E-state index >= 15 is 0 Å². The van der Waals surface area contributed by atoms with Gasteiger partial charge in [-0.15, -0.1) is 24.0 Å². The molecule has 1 heterocycles. The van der Waals surface area contributed by atoms with Gasteiger partial charge in [-0.2, -0.15) is 0 Å². The van der Waals surface area contributed by atoms with E-state index in [1.165, 1.54) is 12.8 Å². The van der Waals surface area contributed by atoms with Crippen molar-refractivity contribution in [3.8, 4) is 0 Å². The number of guanidine groups is 1. The Kier molecular flexibility index (Phi) is 10.4. The third-order valence-electron chi connectivity index (χ3n) is 4.43. The zero-order valence-corrected chi connectivity index (χ0v) is 17.2. The summed E-state index contributed by atoms with van der Waals surface area (Å²) in [5, 5.41) is 6.81. The van der Waals surface area contributed by atoms with Crippen molar-refractivity contribution in [1.29, 1.82) is 0 Å². The molecule has 0 amide bonds. The van der Waals surface area contributed by atoms with Gasteiger partial charge in [0.2, 0.25) is 0 Å². The van der Waals surface area contributed by atoms with Crippen LogP contribution >= 0.6 is 24.0 Å². The second-order valence-corrected chi connectivity index (χ2v) is 6.47. The molecule has 6 nitrogen and oxygen atoms in total. The number of nitrogens with one attached hydrogen (secondary N) is 2. The summed E-state index contributed by atoms with van der Waals surface area (Å²) in [5.41, 5.74) is 0. The molecule has 0 radical (unpaired) electrons. The van der Waals surface area contributed by atoms with Gasteiger partial charge in [-0.3, -0.25) is 9.89 Å². The Balaban J connectivity index is 0.00000264. The monoisotopic (exact) mass is 439 g/mol. The maximum absolute atomic E-state index is 5.38. The molecule has 2 rings (SSSR count). The van der Waals surface area contributed by atoms with Crippen LogP contribution in [-0.2, 0) is 4.74 Å². The molecule has 1 saturated carbocycles. The van der Waals surface area contributed by atoms with Crippen LogP contribution in [0.1, 0.15) is 19.8 Å². The third-order valence-corrected chi connectivity index (χ3v) is 4.43. The lowest BCUT2D eigenvalue weighted by Gasteiger charge is -2.27. The smallest absolute Gasteiger partial charge is 0.191 e. The first-order chi connectivity index (χ1) is 10.7. The summed E-state index contributed by atoms with van der Waals surface area (Å²) in [7, 11) is 4.33. The van der Waals surface area contributed by atoms with E-state index in [4.69, 9.17) is 9.73 Å². The molecule has 1 atom stereocenters. The summed E-state index contributed by atoms with van der Waals surface area (Å²) in [4.78, 5) is 9.54. The molecule has 2 aliphatic rings. The summed E-state index contributed by atoms with van der Waals surface area (Å²) in [6.07, 6.45) is 2.72. The topological polar surface area (TPSA) is 52.1 Å². The Bertz CT molecular complexity index is 341. The van der Waals surface area contributed by atoms with E-state index in [0.29, 0.717) is 6.04 Å². The molecular formula is C16H34IN5O. The van der Waals surface area contributed by atoms with Crippen LogP contribution in [0.25, 0.3) is 0 Å². The molecule has 0 aromatic carbocycles. The van der Waals surface area contributed by atoms with Gasteiger partial charge in [-0.1, -0.05) is 0 Å². The van der Waals surface area contributed by atoms with E-state index < -0.39 is 0 Å². The van der Waals surface area contributed by atoms with Gasteiger partial charge in [0.15, 0.2) is 5.96 Å². The molecule has 1 unspecified atom stereocenters. The number of aliphatic imine (C=N–C) groups is 1. The highest BCUT2D eigenvalue weighted by Gasteiger charge is 2.32. The Morgan fingerprint density at radius 2 is 1.96 bits per heavy atom. The maximum Gasteiger partial charge on any atom is 0.191 e. The van der Waals surface area contributed by atoms with Crippen molar-refractivity contribution < 1.29 is 4.74 Å². The fraction of sp³-hybridized carbons (Fsp3) is 0.938. The highest BCUT2D eigenvalue weighted by atomic mass is 127. The fourth-order valence-corrected chi connectivity index (χ4v) is 2.90. The van der Waals surface area contributed by atoms with Crippen LogP contribution < -0.4 is 10.6 Å². The molecule has 23 heavy (non-hydrogen) atoms. The van der Waals surface area contributed by atoms with E-state index in [9.17, 15) is 0 Å². The minimum absolute atomic E-state index is 0. The molecule has 7 heteroatoms. The quantitative estimate of drug-likeness (QED) is 0.334. The lowest BCUT2D eigenvalue weighted by atomic mass is 10.2. The minimum atomic E-state index is 0. The second-order valence-electron chi connectivity index (χ2n) is 6.47. The fourth-order valence-electron chi connectivity index (χ4n) is 2.90. The van der Waals surface area contributed by atoms with Crippen LogP contribution in [0.5, 0.6) is 0 Å². The van der Waals surface area contributed by atoms with Gasteiger partial charge in [0.05, 0.1) is 19.8 Å². The summed E-state index contributed by atoms with van der Waals surface area (Å²) >= 11 is 0. The number of morpholine rings is 1. The van der Waals surface area contributed by atoms with Crippen LogP contribution in [0.4, 0.5) is 0 Å². The van der Waals surface area contributed by atoms with Crippen molar-refractivity contribution in [2.75, 3.05) is 66.6 Å². The molecule has 0 bridgehead atoms. The summed E-state index contributed by atoms with van der Waals surface area (Å²) in [6.45, 7) is 9.68. The molecule has 0 aromatic heterocycles. The molecule has 2 N–H and O–H groups in total. The number of ether oxygens (including phenoxy) is 1. The normalized spacial score (nSPS) is 21.0. The molecule has 1 saturated heterocycles. The number of nitrogens with zero attached hydrogens (tertiary/aromatic N) is 3. The average molecular weight is 439 g/mol. The van der Waals surface area contributed by atoms with Gasteiger partial charge < -0.3 is 20.3 Å². The SMILES string of the molecule is CCNC(=NCC(C1CC1)N(C)C)NCCN1CCOCC1.I. The number of halogens is 1. The van der Waals surface area contributed by atoms with Crippen molar-refractivity contribution in [2.24, 2.45) is 10.9 Å². The van der Waals surface area contributed by atoms with Crippen LogP contribution in [0.3, 0.4) is 0 Å². The predicted molar refractivity (Wildman–Crippen MR) is 107 cm³/mol. The van der Waals surface area contributed by atoms with Crippen molar-refractivity contribution >= 4 is 29.9 Å². The Labute approximate surface area is 158 Å². The lowest BCUT2D eigenvalue weighted by molar-refractivity contribution is 0.0389. The Hall–Kier alpha value is -0.120. The van der Waals surface area contributed by atoms with Crippen LogP contribution in [0, 0.1) is 5.92 Å². The third kappa shape index (κ3) is 8.00. The van der Waals surface area contributed by atoms with Crippen molar-refractivity contribution in [1.82, 2.24) is 20.4 Å². The van der Waals surface area contributed by atoms with Crippen molar-refractivity contribution in [2.45, 2.75) is 25.8 Å². The van der Waals surface area contributed by atoms with Gasteiger partial charge in [0.1, 0.15) is 0 Å². The molecule has 0 aromatic rings. The summed E-state index contributed by atoms with van der Waals surface area (Å²) < 4.78 is 5.38. The van der Waals surface area contributed by atoms with E-state index in [1.807, 2.05) is 0 Å². The molecule has 2 fully saturated rings. The number of likely N-dealkylation sites (N-methyl/N-ethyl adjacent to an activating group) is 1. The first kappa shape index (κ1) is 20.9. The average Bonchev–Trinajstić information content (AvgIpc) is 3.33. The van der Waals surface area contributed by atoms with Crippen molar-refractivity contribution in [3.05, 3.63) is 0 Å². The summed E-state index contributed by atoms with van der Waals surface area (Å²) in [6, 6.07) is 0.578.